The minimum atomic E-state index is 0.713. The molecule has 0 aliphatic carbocycles. The van der Waals surface area contributed by atoms with Crippen molar-refractivity contribution < 1.29 is 0 Å². The van der Waals surface area contributed by atoms with Crippen molar-refractivity contribution in [2.24, 2.45) is 10.9 Å². The van der Waals surface area contributed by atoms with Crippen LogP contribution in [0.25, 0.3) is 5.57 Å². The minimum absolute atomic E-state index is 0.713. The summed E-state index contributed by atoms with van der Waals surface area (Å²) in [5.74, 6) is 0.713. The zero-order valence-corrected chi connectivity index (χ0v) is 10.9. The molecule has 1 aromatic rings. The van der Waals surface area contributed by atoms with Crippen LogP contribution in [0, 0.1) is 5.92 Å². The molecule has 1 aliphatic heterocycles. The molecule has 1 aliphatic rings. The van der Waals surface area contributed by atoms with Gasteiger partial charge in [0.2, 0.25) is 0 Å². The molecule has 0 spiro atoms. The van der Waals surface area contributed by atoms with Gasteiger partial charge in [0.1, 0.15) is 0 Å². The predicted molar refractivity (Wildman–Crippen MR) is 74.1 cm³/mol. The lowest BCUT2D eigenvalue weighted by Gasteiger charge is -2.19. The highest BCUT2D eigenvalue weighted by molar-refractivity contribution is 5.73. The second-order valence-corrected chi connectivity index (χ2v) is 5.13. The molecule has 1 heterocycles. The topological polar surface area (TPSA) is 15.6 Å². The molecular formula is C15H20N2. The van der Waals surface area contributed by atoms with Crippen LogP contribution in [-0.2, 0) is 6.42 Å². The standard InChI is InChI=1S/C15H20N2/c1-12(2)8-13-4-6-14(7-5-13)15-9-16-11-17(3)10-15/h4-7,9,11-12H,8,10H2,1-3H3. The van der Waals surface area contributed by atoms with E-state index in [1.807, 2.05) is 19.6 Å². The van der Waals surface area contributed by atoms with E-state index in [-0.39, 0.29) is 0 Å². The summed E-state index contributed by atoms with van der Waals surface area (Å²) in [7, 11) is 2.05. The van der Waals surface area contributed by atoms with Gasteiger partial charge in [0.25, 0.3) is 0 Å². The summed E-state index contributed by atoms with van der Waals surface area (Å²) in [4.78, 5) is 6.32. The van der Waals surface area contributed by atoms with Gasteiger partial charge < -0.3 is 4.90 Å². The maximum atomic E-state index is 4.23. The van der Waals surface area contributed by atoms with Crippen molar-refractivity contribution in [3.8, 4) is 0 Å². The molecule has 0 saturated carbocycles. The molecule has 0 bridgehead atoms. The van der Waals surface area contributed by atoms with Crippen LogP contribution in [-0.4, -0.2) is 24.8 Å². The summed E-state index contributed by atoms with van der Waals surface area (Å²) in [5, 5.41) is 0. The van der Waals surface area contributed by atoms with Gasteiger partial charge in [-0.3, -0.25) is 0 Å². The third kappa shape index (κ3) is 3.19. The van der Waals surface area contributed by atoms with Crippen molar-refractivity contribution in [2.75, 3.05) is 13.6 Å². The Morgan fingerprint density at radius 2 is 1.94 bits per heavy atom. The fourth-order valence-electron chi connectivity index (χ4n) is 2.08. The number of rotatable bonds is 3. The van der Waals surface area contributed by atoms with E-state index >= 15 is 0 Å². The van der Waals surface area contributed by atoms with Crippen LogP contribution in [0.3, 0.4) is 0 Å². The van der Waals surface area contributed by atoms with E-state index in [4.69, 9.17) is 0 Å². The largest absolute Gasteiger partial charge is 0.361 e. The van der Waals surface area contributed by atoms with E-state index < -0.39 is 0 Å². The second kappa shape index (κ2) is 5.17. The Hall–Kier alpha value is -1.57. The SMILES string of the molecule is CC(C)Cc1ccc(C2=CN=CN(C)C2)cc1. The fourth-order valence-corrected chi connectivity index (χ4v) is 2.08. The maximum absolute atomic E-state index is 4.23. The van der Waals surface area contributed by atoms with Gasteiger partial charge in [0.05, 0.1) is 6.34 Å². The quantitative estimate of drug-likeness (QED) is 0.775. The van der Waals surface area contributed by atoms with Crippen LogP contribution in [0.1, 0.15) is 25.0 Å². The first-order valence-electron chi connectivity index (χ1n) is 6.17. The molecule has 90 valence electrons. The molecule has 0 aromatic heterocycles. The molecule has 0 radical (unpaired) electrons. The van der Waals surface area contributed by atoms with Crippen LogP contribution in [0.5, 0.6) is 0 Å². The van der Waals surface area contributed by atoms with E-state index in [0.717, 1.165) is 13.0 Å². The molecule has 0 unspecified atom stereocenters. The van der Waals surface area contributed by atoms with Gasteiger partial charge in [0.15, 0.2) is 0 Å². The molecular weight excluding hydrogens is 208 g/mol. The smallest absolute Gasteiger partial charge is 0.0905 e. The molecule has 2 rings (SSSR count). The molecule has 1 aromatic carbocycles. The molecule has 0 N–H and O–H groups in total. The van der Waals surface area contributed by atoms with Gasteiger partial charge in [-0.25, -0.2) is 4.99 Å². The van der Waals surface area contributed by atoms with Crippen molar-refractivity contribution in [2.45, 2.75) is 20.3 Å². The first-order valence-corrected chi connectivity index (χ1v) is 6.17. The van der Waals surface area contributed by atoms with Gasteiger partial charge in [-0.15, -0.1) is 0 Å². The molecule has 0 atom stereocenters. The fraction of sp³-hybridized carbons (Fsp3) is 0.400. The zero-order chi connectivity index (χ0) is 12.3. The Morgan fingerprint density at radius 3 is 2.53 bits per heavy atom. The summed E-state index contributed by atoms with van der Waals surface area (Å²) in [6.45, 7) is 5.44. The van der Waals surface area contributed by atoms with Crippen LogP contribution >= 0.6 is 0 Å². The van der Waals surface area contributed by atoms with Crippen LogP contribution in [0.2, 0.25) is 0 Å². The van der Waals surface area contributed by atoms with Crippen molar-refractivity contribution in [3.05, 3.63) is 41.6 Å². The number of benzene rings is 1. The normalized spacial score (nSPS) is 15.3. The van der Waals surface area contributed by atoms with Gasteiger partial charge in [-0.05, 0) is 29.0 Å². The highest BCUT2D eigenvalue weighted by Gasteiger charge is 2.07. The maximum Gasteiger partial charge on any atom is 0.0905 e. The Morgan fingerprint density at radius 1 is 1.24 bits per heavy atom. The number of nitrogens with zero attached hydrogens (tertiary/aromatic N) is 2. The Balaban J connectivity index is 2.13. The van der Waals surface area contributed by atoms with Crippen molar-refractivity contribution in [1.82, 2.24) is 4.90 Å². The zero-order valence-electron chi connectivity index (χ0n) is 10.9. The summed E-state index contributed by atoms with van der Waals surface area (Å²) in [6.07, 6.45) is 4.96. The Bertz CT molecular complexity index is 427. The first-order chi connectivity index (χ1) is 8.15. The van der Waals surface area contributed by atoms with E-state index in [9.17, 15) is 0 Å². The highest BCUT2D eigenvalue weighted by Crippen LogP contribution is 2.19. The van der Waals surface area contributed by atoms with E-state index in [1.54, 1.807) is 0 Å². The Kier molecular flexibility index (Phi) is 3.62. The van der Waals surface area contributed by atoms with Gasteiger partial charge >= 0.3 is 0 Å². The number of likely N-dealkylation sites (N-methyl/N-ethyl adjacent to an activating group) is 1. The second-order valence-electron chi connectivity index (χ2n) is 5.13. The average molecular weight is 228 g/mol. The molecule has 0 amide bonds. The van der Waals surface area contributed by atoms with Crippen molar-refractivity contribution in [3.63, 3.8) is 0 Å². The lowest BCUT2D eigenvalue weighted by atomic mass is 9.99. The molecule has 0 saturated heterocycles. The summed E-state index contributed by atoms with van der Waals surface area (Å²) in [6, 6.07) is 8.87. The highest BCUT2D eigenvalue weighted by atomic mass is 15.1. The van der Waals surface area contributed by atoms with Crippen LogP contribution in [0.4, 0.5) is 0 Å². The summed E-state index contributed by atoms with van der Waals surface area (Å²) < 4.78 is 0. The first kappa shape index (κ1) is 11.9. The molecule has 17 heavy (non-hydrogen) atoms. The summed E-state index contributed by atoms with van der Waals surface area (Å²) in [5.41, 5.74) is 3.98. The molecule has 0 fully saturated rings. The third-order valence-corrected chi connectivity index (χ3v) is 2.88. The lowest BCUT2D eigenvalue weighted by Crippen LogP contribution is -2.20. The monoisotopic (exact) mass is 228 g/mol. The third-order valence-electron chi connectivity index (χ3n) is 2.88. The Labute approximate surface area is 104 Å². The van der Waals surface area contributed by atoms with E-state index in [2.05, 4.69) is 48.0 Å². The predicted octanol–water partition coefficient (Wildman–Crippen LogP) is 3.20. The van der Waals surface area contributed by atoms with Gasteiger partial charge in [-0.2, -0.15) is 0 Å². The van der Waals surface area contributed by atoms with E-state index in [1.165, 1.54) is 16.7 Å². The molecule has 2 nitrogen and oxygen atoms in total. The number of hydrogen-bond donors (Lipinski definition) is 0. The van der Waals surface area contributed by atoms with Crippen LogP contribution in [0.15, 0.2) is 35.5 Å². The van der Waals surface area contributed by atoms with Gasteiger partial charge in [-0.1, -0.05) is 38.1 Å². The minimum Gasteiger partial charge on any atom is -0.361 e. The van der Waals surface area contributed by atoms with Crippen LogP contribution < -0.4 is 0 Å². The van der Waals surface area contributed by atoms with Gasteiger partial charge in [0, 0.05) is 19.8 Å². The average Bonchev–Trinajstić information content (AvgIpc) is 2.29. The number of aliphatic imine (C=N–C) groups is 1. The van der Waals surface area contributed by atoms with E-state index in [0.29, 0.717) is 5.92 Å². The molecule has 2 heteroatoms. The van der Waals surface area contributed by atoms with Crippen molar-refractivity contribution in [1.29, 1.82) is 0 Å². The summed E-state index contributed by atoms with van der Waals surface area (Å²) >= 11 is 0. The number of hydrogen-bond acceptors (Lipinski definition) is 2. The van der Waals surface area contributed by atoms with Crippen molar-refractivity contribution >= 4 is 11.9 Å². The lowest BCUT2D eigenvalue weighted by molar-refractivity contribution is 0.583.